The minimum atomic E-state index is -1.02. The van der Waals surface area contributed by atoms with Gasteiger partial charge in [0.1, 0.15) is 0 Å². The number of aromatic nitrogens is 3. The van der Waals surface area contributed by atoms with Gasteiger partial charge in [-0.2, -0.15) is 0 Å². The van der Waals surface area contributed by atoms with Gasteiger partial charge in [0.05, 0.1) is 11.0 Å². The van der Waals surface area contributed by atoms with Crippen LogP contribution in [0.25, 0.3) is 21.9 Å². The van der Waals surface area contributed by atoms with E-state index in [9.17, 15) is 4.79 Å². The van der Waals surface area contributed by atoms with Crippen LogP contribution in [0, 0.1) is 0 Å². The summed E-state index contributed by atoms with van der Waals surface area (Å²) in [6.45, 7) is 0. The summed E-state index contributed by atoms with van der Waals surface area (Å²) in [4.78, 5) is 22.2. The molecule has 0 atom stereocenters. The van der Waals surface area contributed by atoms with Gasteiger partial charge in [0, 0.05) is 5.38 Å². The predicted molar refractivity (Wildman–Crippen MR) is 64.2 cm³/mol. The lowest BCUT2D eigenvalue weighted by molar-refractivity contribution is 0.0691. The molecule has 0 spiro atoms. The van der Waals surface area contributed by atoms with Crippen molar-refractivity contribution < 1.29 is 9.90 Å². The van der Waals surface area contributed by atoms with E-state index in [4.69, 9.17) is 5.11 Å². The van der Waals surface area contributed by atoms with Crippen LogP contribution in [-0.4, -0.2) is 26.0 Å². The van der Waals surface area contributed by atoms with Crippen LogP contribution in [0.2, 0.25) is 0 Å². The van der Waals surface area contributed by atoms with Gasteiger partial charge in [0.25, 0.3) is 0 Å². The van der Waals surface area contributed by atoms with Crippen LogP contribution in [0.3, 0.4) is 0 Å². The highest BCUT2D eigenvalue weighted by molar-refractivity contribution is 7.13. The average Bonchev–Trinajstić information content (AvgIpc) is 2.95. The number of nitrogens with zero attached hydrogens (tertiary/aromatic N) is 2. The molecule has 0 aliphatic rings. The molecule has 0 fully saturated rings. The molecule has 0 saturated heterocycles. The zero-order valence-electron chi connectivity index (χ0n) is 8.54. The second kappa shape index (κ2) is 3.67. The second-order valence-corrected chi connectivity index (χ2v) is 4.30. The fourth-order valence-corrected chi connectivity index (χ4v) is 2.27. The fraction of sp³-hybridized carbons (Fsp3) is 0. The van der Waals surface area contributed by atoms with Gasteiger partial charge in [-0.1, -0.05) is 12.1 Å². The van der Waals surface area contributed by atoms with E-state index in [1.54, 1.807) is 0 Å². The molecule has 0 aliphatic carbocycles. The smallest absolute Gasteiger partial charge is 0.355 e. The molecule has 3 rings (SSSR count). The van der Waals surface area contributed by atoms with E-state index in [0.717, 1.165) is 11.0 Å². The molecule has 2 heterocycles. The number of rotatable bonds is 2. The molecule has 5 nitrogen and oxygen atoms in total. The number of fused-ring (bicyclic) bond motifs is 1. The third kappa shape index (κ3) is 1.68. The summed E-state index contributed by atoms with van der Waals surface area (Å²) in [6, 6.07) is 7.62. The molecule has 3 aromatic rings. The number of hydrogen-bond donors (Lipinski definition) is 2. The maximum absolute atomic E-state index is 10.7. The molecule has 2 N–H and O–H groups in total. The monoisotopic (exact) mass is 245 g/mol. The molecule has 0 saturated carbocycles. The number of thiazole rings is 1. The first-order chi connectivity index (χ1) is 8.24. The zero-order valence-corrected chi connectivity index (χ0v) is 9.36. The molecule has 2 aromatic heterocycles. The van der Waals surface area contributed by atoms with Gasteiger partial charge < -0.3 is 10.1 Å². The van der Waals surface area contributed by atoms with Crippen LogP contribution < -0.4 is 0 Å². The molecule has 0 aliphatic heterocycles. The number of aromatic carboxylic acids is 1. The SMILES string of the molecule is O=C(O)c1csc(-c2nc3ccccc3[nH]2)n1. The van der Waals surface area contributed by atoms with Gasteiger partial charge in [0.15, 0.2) is 16.5 Å². The molecular formula is C11H7N3O2S. The van der Waals surface area contributed by atoms with Crippen molar-refractivity contribution in [2.45, 2.75) is 0 Å². The quantitative estimate of drug-likeness (QED) is 0.726. The number of benzene rings is 1. The first-order valence-electron chi connectivity index (χ1n) is 4.88. The Morgan fingerprint density at radius 3 is 2.82 bits per heavy atom. The van der Waals surface area contributed by atoms with Gasteiger partial charge in [-0.3, -0.25) is 0 Å². The number of H-pyrrole nitrogens is 1. The largest absolute Gasteiger partial charge is 0.476 e. The van der Waals surface area contributed by atoms with Crippen LogP contribution in [0.4, 0.5) is 0 Å². The summed E-state index contributed by atoms with van der Waals surface area (Å²) >= 11 is 1.26. The first kappa shape index (κ1) is 9.98. The van der Waals surface area contributed by atoms with E-state index in [-0.39, 0.29) is 5.69 Å². The summed E-state index contributed by atoms with van der Waals surface area (Å²) < 4.78 is 0. The van der Waals surface area contributed by atoms with Crippen LogP contribution in [0.15, 0.2) is 29.6 Å². The number of nitrogens with one attached hydrogen (secondary N) is 1. The maximum atomic E-state index is 10.7. The molecule has 0 amide bonds. The second-order valence-electron chi connectivity index (χ2n) is 3.45. The van der Waals surface area contributed by atoms with Gasteiger partial charge in [0.2, 0.25) is 0 Å². The maximum Gasteiger partial charge on any atom is 0.355 e. The van der Waals surface area contributed by atoms with E-state index < -0.39 is 5.97 Å². The summed E-state index contributed by atoms with van der Waals surface area (Å²) in [7, 11) is 0. The Bertz CT molecular complexity index is 668. The highest BCUT2D eigenvalue weighted by Crippen LogP contribution is 2.23. The number of para-hydroxylation sites is 2. The third-order valence-electron chi connectivity index (χ3n) is 2.32. The average molecular weight is 245 g/mol. The fourth-order valence-electron chi connectivity index (χ4n) is 1.53. The molecule has 0 bridgehead atoms. The zero-order chi connectivity index (χ0) is 11.8. The molecular weight excluding hydrogens is 238 g/mol. The first-order valence-corrected chi connectivity index (χ1v) is 5.76. The third-order valence-corrected chi connectivity index (χ3v) is 3.16. The Balaban J connectivity index is 2.10. The van der Waals surface area contributed by atoms with Crippen molar-refractivity contribution in [3.8, 4) is 10.8 Å². The van der Waals surface area contributed by atoms with Gasteiger partial charge >= 0.3 is 5.97 Å². The van der Waals surface area contributed by atoms with E-state index >= 15 is 0 Å². The minimum absolute atomic E-state index is 0.0467. The normalized spacial score (nSPS) is 10.8. The Morgan fingerprint density at radius 2 is 2.12 bits per heavy atom. The van der Waals surface area contributed by atoms with Gasteiger partial charge in [-0.25, -0.2) is 14.8 Å². The summed E-state index contributed by atoms with van der Waals surface area (Å²) in [5.74, 6) is -0.424. The number of carbonyl (C=O) groups is 1. The van der Waals surface area contributed by atoms with Crippen LogP contribution >= 0.6 is 11.3 Å². The Kier molecular flexibility index (Phi) is 2.15. The van der Waals surface area contributed by atoms with E-state index in [1.165, 1.54) is 16.7 Å². The van der Waals surface area contributed by atoms with E-state index in [2.05, 4.69) is 15.0 Å². The van der Waals surface area contributed by atoms with Crippen molar-refractivity contribution in [1.29, 1.82) is 0 Å². The van der Waals surface area contributed by atoms with Gasteiger partial charge in [-0.05, 0) is 12.1 Å². The summed E-state index contributed by atoms with van der Waals surface area (Å²) in [6.07, 6.45) is 0. The number of carboxylic acids is 1. The number of imidazole rings is 1. The predicted octanol–water partition coefficient (Wildman–Crippen LogP) is 2.38. The lowest BCUT2D eigenvalue weighted by Crippen LogP contribution is -1.95. The van der Waals surface area contributed by atoms with Crippen LogP contribution in [0.1, 0.15) is 10.5 Å². The van der Waals surface area contributed by atoms with Crippen molar-refractivity contribution in [3.05, 3.63) is 35.3 Å². The molecule has 1 aromatic carbocycles. The summed E-state index contributed by atoms with van der Waals surface area (Å²) in [5, 5.41) is 10.9. The molecule has 0 unspecified atom stereocenters. The lowest BCUT2D eigenvalue weighted by Gasteiger charge is -1.86. The highest BCUT2D eigenvalue weighted by atomic mass is 32.1. The van der Waals surface area contributed by atoms with Crippen LogP contribution in [0.5, 0.6) is 0 Å². The Hall–Kier alpha value is -2.21. The molecule has 6 heteroatoms. The van der Waals surface area contributed by atoms with Crippen molar-refractivity contribution in [3.63, 3.8) is 0 Å². The summed E-state index contributed by atoms with van der Waals surface area (Å²) in [5.41, 5.74) is 1.80. The van der Waals surface area contributed by atoms with Crippen molar-refractivity contribution in [2.75, 3.05) is 0 Å². The minimum Gasteiger partial charge on any atom is -0.476 e. The number of carboxylic acid groups (broad SMARTS) is 1. The van der Waals surface area contributed by atoms with Crippen molar-refractivity contribution in [2.24, 2.45) is 0 Å². The molecule has 84 valence electrons. The van der Waals surface area contributed by atoms with Crippen LogP contribution in [-0.2, 0) is 0 Å². The number of aromatic amines is 1. The lowest BCUT2D eigenvalue weighted by atomic mass is 10.3. The van der Waals surface area contributed by atoms with E-state index in [1.807, 2.05) is 24.3 Å². The van der Waals surface area contributed by atoms with E-state index in [0.29, 0.717) is 10.8 Å². The van der Waals surface area contributed by atoms with Crippen molar-refractivity contribution >= 4 is 28.3 Å². The molecule has 0 radical (unpaired) electrons. The van der Waals surface area contributed by atoms with Gasteiger partial charge in [-0.15, -0.1) is 11.3 Å². The van der Waals surface area contributed by atoms with Crippen molar-refractivity contribution in [1.82, 2.24) is 15.0 Å². The Morgan fingerprint density at radius 1 is 1.29 bits per heavy atom. The Labute approximate surface area is 99.8 Å². The number of hydrogen-bond acceptors (Lipinski definition) is 4. The molecule has 17 heavy (non-hydrogen) atoms. The topological polar surface area (TPSA) is 78.9 Å². The standard InChI is InChI=1S/C11H7N3O2S/c15-11(16)8-5-17-10(14-8)9-12-6-3-1-2-4-7(6)13-9/h1-5H,(H,12,13)(H,15,16). The highest BCUT2D eigenvalue weighted by Gasteiger charge is 2.12.